The zero-order chi connectivity index (χ0) is 23.3. The van der Waals surface area contributed by atoms with Gasteiger partial charge in [-0.15, -0.1) is 10.2 Å². The van der Waals surface area contributed by atoms with Crippen LogP contribution in [-0.4, -0.2) is 60.8 Å². The van der Waals surface area contributed by atoms with Gasteiger partial charge in [-0.05, 0) is 42.7 Å². The van der Waals surface area contributed by atoms with E-state index in [-0.39, 0.29) is 10.8 Å². The van der Waals surface area contributed by atoms with E-state index in [0.717, 1.165) is 41.7 Å². The maximum Gasteiger partial charge on any atom is 0.259 e. The molecule has 8 nitrogen and oxygen atoms in total. The number of thioether (sulfide) groups is 1. The molecule has 1 aliphatic rings. The highest BCUT2D eigenvalue weighted by molar-refractivity contribution is 8.01. The van der Waals surface area contributed by atoms with Crippen molar-refractivity contribution in [2.45, 2.75) is 49.8 Å². The Morgan fingerprint density at radius 1 is 1.22 bits per heavy atom. The predicted molar refractivity (Wildman–Crippen MR) is 131 cm³/mol. The molecule has 1 aromatic heterocycles. The van der Waals surface area contributed by atoms with Crippen molar-refractivity contribution in [3.8, 4) is 0 Å². The molecule has 176 valence electrons. The molecule has 2 heterocycles. The average molecular weight is 498 g/mol. The lowest BCUT2D eigenvalue weighted by atomic mass is 9.98. The molecule has 1 fully saturated rings. The molecule has 0 aliphatic carbocycles. The third-order valence-electron chi connectivity index (χ3n) is 5.57. The summed E-state index contributed by atoms with van der Waals surface area (Å²) >= 11 is 2.87. The fourth-order valence-electron chi connectivity index (χ4n) is 3.70. The number of hydrogen-bond acceptors (Lipinski definition) is 8. The zero-order valence-corrected chi connectivity index (χ0v) is 21.4. The molecule has 1 aliphatic heterocycles. The minimum Gasteiger partial charge on any atom is -0.371 e. The zero-order valence-electron chi connectivity index (χ0n) is 19.0. The van der Waals surface area contributed by atoms with Gasteiger partial charge in [0.2, 0.25) is 15.2 Å². The normalized spacial score (nSPS) is 15.3. The van der Waals surface area contributed by atoms with Gasteiger partial charge < -0.3 is 4.90 Å². The predicted octanol–water partition coefficient (Wildman–Crippen LogP) is 4.17. The summed E-state index contributed by atoms with van der Waals surface area (Å²) in [5, 5.41) is 11.4. The first-order valence-corrected chi connectivity index (χ1v) is 14.2. The number of hydrogen-bond donors (Lipinski definition) is 1. The summed E-state index contributed by atoms with van der Waals surface area (Å²) in [7, 11) is -3.68. The van der Waals surface area contributed by atoms with Crippen LogP contribution in [0.15, 0.2) is 27.4 Å². The Morgan fingerprint density at radius 3 is 2.53 bits per heavy atom. The summed E-state index contributed by atoms with van der Waals surface area (Å²) in [5.74, 6) is 1.13. The topological polar surface area (TPSA) is 95.5 Å². The molecule has 0 unspecified atom stereocenters. The molecule has 11 heteroatoms. The first kappa shape index (κ1) is 24.9. The Balaban J connectivity index is 1.97. The second kappa shape index (κ2) is 11.0. The number of carbonyl (C=O) groups excluding carboxylic acids is 1. The van der Waals surface area contributed by atoms with Gasteiger partial charge in [0.15, 0.2) is 4.34 Å². The van der Waals surface area contributed by atoms with Crippen molar-refractivity contribution >= 4 is 49.8 Å². The van der Waals surface area contributed by atoms with Crippen LogP contribution < -0.4 is 10.2 Å². The molecule has 1 saturated heterocycles. The van der Waals surface area contributed by atoms with E-state index in [0.29, 0.717) is 29.7 Å². The van der Waals surface area contributed by atoms with E-state index in [1.807, 2.05) is 6.92 Å². The second-order valence-corrected chi connectivity index (χ2v) is 12.1. The number of nitrogens with zero attached hydrogens (tertiary/aromatic N) is 4. The van der Waals surface area contributed by atoms with Crippen LogP contribution in [0.2, 0.25) is 0 Å². The number of rotatable bonds is 9. The smallest absolute Gasteiger partial charge is 0.259 e. The number of anilines is 2. The minimum atomic E-state index is -3.68. The van der Waals surface area contributed by atoms with Crippen LogP contribution in [0.5, 0.6) is 0 Å². The lowest BCUT2D eigenvalue weighted by Crippen LogP contribution is -2.35. The fraction of sp³-hybridized carbons (Fsp3) is 0.571. The van der Waals surface area contributed by atoms with E-state index in [9.17, 15) is 13.2 Å². The van der Waals surface area contributed by atoms with Crippen LogP contribution in [0.4, 0.5) is 10.8 Å². The Hall–Kier alpha value is -1.69. The van der Waals surface area contributed by atoms with E-state index >= 15 is 0 Å². The molecule has 0 atom stereocenters. The van der Waals surface area contributed by atoms with Gasteiger partial charge in [-0.25, -0.2) is 8.42 Å². The van der Waals surface area contributed by atoms with Crippen molar-refractivity contribution in [1.82, 2.24) is 14.5 Å². The Morgan fingerprint density at radius 2 is 1.91 bits per heavy atom. The van der Waals surface area contributed by atoms with Gasteiger partial charge in [0.05, 0.1) is 10.5 Å². The van der Waals surface area contributed by atoms with Gasteiger partial charge in [-0.2, -0.15) is 4.31 Å². The molecule has 0 radical (unpaired) electrons. The Bertz CT molecular complexity index is 1030. The molecule has 1 aromatic carbocycles. The lowest BCUT2D eigenvalue weighted by Gasteiger charge is -2.33. The quantitative estimate of drug-likeness (QED) is 0.410. The number of sulfonamides is 1. The van der Waals surface area contributed by atoms with E-state index < -0.39 is 10.0 Å². The number of carbonyl (C=O) groups is 1. The summed E-state index contributed by atoms with van der Waals surface area (Å²) < 4.78 is 28.4. The number of piperidine rings is 1. The first-order chi connectivity index (χ1) is 15.3. The maximum absolute atomic E-state index is 13.3. The lowest BCUT2D eigenvalue weighted by molar-refractivity contribution is 0.102. The van der Waals surface area contributed by atoms with Crippen LogP contribution in [0.3, 0.4) is 0 Å². The summed E-state index contributed by atoms with van der Waals surface area (Å²) in [6.07, 6.45) is 2.07. The van der Waals surface area contributed by atoms with Crippen LogP contribution in [-0.2, 0) is 10.0 Å². The molecule has 0 bridgehead atoms. The summed E-state index contributed by atoms with van der Waals surface area (Å²) in [4.78, 5) is 15.6. The highest BCUT2D eigenvalue weighted by Crippen LogP contribution is 2.31. The van der Waals surface area contributed by atoms with Crippen molar-refractivity contribution in [3.05, 3.63) is 23.8 Å². The SMILES string of the molecule is CCSc1nnc(NC(=O)c2cc(S(=O)(=O)N(CC)CC)ccc2N2CCC(C)CC2)s1. The van der Waals surface area contributed by atoms with E-state index in [1.165, 1.54) is 21.7 Å². The highest BCUT2D eigenvalue weighted by Gasteiger charge is 2.27. The number of amides is 1. The Kier molecular flexibility index (Phi) is 8.54. The van der Waals surface area contributed by atoms with Crippen molar-refractivity contribution in [3.63, 3.8) is 0 Å². The summed E-state index contributed by atoms with van der Waals surface area (Å²) in [5.41, 5.74) is 1.09. The molecule has 0 saturated carbocycles. The van der Waals surface area contributed by atoms with Gasteiger partial charge >= 0.3 is 0 Å². The minimum absolute atomic E-state index is 0.125. The average Bonchev–Trinajstić information content (AvgIpc) is 3.21. The van der Waals surface area contributed by atoms with Crippen molar-refractivity contribution in [2.24, 2.45) is 5.92 Å². The molecular formula is C21H31N5O3S3. The second-order valence-electron chi connectivity index (χ2n) is 7.70. The van der Waals surface area contributed by atoms with E-state index in [2.05, 4.69) is 27.3 Å². The molecule has 1 amide bonds. The standard InChI is InChI=1S/C21H31N5O3S3/c1-5-26(6-2)32(28,29)16-8-9-18(25-12-10-15(4)11-13-25)17(14-16)19(27)22-20-23-24-21(31-20)30-7-3/h8-9,14-15H,5-7,10-13H2,1-4H3,(H,22,23,27). The number of aromatic nitrogens is 2. The van der Waals surface area contributed by atoms with Crippen LogP contribution in [0, 0.1) is 5.92 Å². The van der Waals surface area contributed by atoms with E-state index in [1.54, 1.807) is 37.7 Å². The monoisotopic (exact) mass is 497 g/mol. The molecule has 0 spiro atoms. The van der Waals surface area contributed by atoms with Crippen molar-refractivity contribution in [2.75, 3.05) is 42.1 Å². The van der Waals surface area contributed by atoms with Gasteiger partial charge in [0.1, 0.15) is 0 Å². The third kappa shape index (κ3) is 5.62. The number of nitrogens with one attached hydrogen (secondary N) is 1. The number of benzene rings is 1. The molecule has 3 rings (SSSR count). The molecular weight excluding hydrogens is 466 g/mol. The van der Waals surface area contributed by atoms with E-state index in [4.69, 9.17) is 0 Å². The molecule has 2 aromatic rings. The fourth-order valence-corrected chi connectivity index (χ4v) is 6.83. The Labute approximate surface area is 198 Å². The summed E-state index contributed by atoms with van der Waals surface area (Å²) in [6, 6.07) is 4.87. The van der Waals surface area contributed by atoms with Crippen LogP contribution >= 0.6 is 23.1 Å². The van der Waals surface area contributed by atoms with Gasteiger partial charge in [-0.1, -0.05) is 50.8 Å². The van der Waals surface area contributed by atoms with Gasteiger partial charge in [-0.3, -0.25) is 10.1 Å². The van der Waals surface area contributed by atoms with Gasteiger partial charge in [0, 0.05) is 31.9 Å². The van der Waals surface area contributed by atoms with Crippen LogP contribution in [0.1, 0.15) is 50.9 Å². The molecule has 32 heavy (non-hydrogen) atoms. The van der Waals surface area contributed by atoms with Crippen LogP contribution in [0.25, 0.3) is 0 Å². The third-order valence-corrected chi connectivity index (χ3v) is 9.47. The van der Waals surface area contributed by atoms with Crippen molar-refractivity contribution < 1.29 is 13.2 Å². The van der Waals surface area contributed by atoms with Crippen molar-refractivity contribution in [1.29, 1.82) is 0 Å². The highest BCUT2D eigenvalue weighted by atomic mass is 32.2. The summed E-state index contributed by atoms with van der Waals surface area (Å²) in [6.45, 7) is 10.3. The maximum atomic E-state index is 13.3. The van der Waals surface area contributed by atoms with Gasteiger partial charge in [0.25, 0.3) is 5.91 Å². The molecule has 1 N–H and O–H groups in total. The largest absolute Gasteiger partial charge is 0.371 e. The first-order valence-electron chi connectivity index (χ1n) is 11.0.